The lowest BCUT2D eigenvalue weighted by atomic mass is 9.94. The lowest BCUT2D eigenvalue weighted by Gasteiger charge is -2.31. The summed E-state index contributed by atoms with van der Waals surface area (Å²) < 4.78 is 10.9. The average molecular weight is 361 g/mol. The van der Waals surface area contributed by atoms with Crippen LogP contribution in [0.3, 0.4) is 0 Å². The maximum atomic E-state index is 12.3. The van der Waals surface area contributed by atoms with Crippen LogP contribution in [0.1, 0.15) is 37.7 Å². The Kier molecular flexibility index (Phi) is 7.29. The quantitative estimate of drug-likeness (QED) is 0.818. The number of benzene rings is 1. The number of amides is 2. The van der Waals surface area contributed by atoms with Gasteiger partial charge in [-0.1, -0.05) is 37.5 Å². The summed E-state index contributed by atoms with van der Waals surface area (Å²) in [5.74, 6) is 0. The van der Waals surface area contributed by atoms with Gasteiger partial charge >= 0.3 is 6.03 Å². The number of anilines is 1. The Balaban J connectivity index is 1.51. The first-order valence-corrected chi connectivity index (χ1v) is 9.74. The van der Waals surface area contributed by atoms with Crippen molar-refractivity contribution in [3.63, 3.8) is 0 Å². The molecule has 0 spiro atoms. The minimum atomic E-state index is -0.202. The second-order valence-electron chi connectivity index (χ2n) is 7.27. The van der Waals surface area contributed by atoms with Crippen LogP contribution < -0.4 is 10.6 Å². The summed E-state index contributed by atoms with van der Waals surface area (Å²) in [6, 6.07) is 8.48. The molecule has 0 unspecified atom stereocenters. The predicted octanol–water partition coefficient (Wildman–Crippen LogP) is 2.99. The average Bonchev–Trinajstić information content (AvgIpc) is 2.69. The van der Waals surface area contributed by atoms with Gasteiger partial charge in [-0.3, -0.25) is 4.90 Å². The van der Waals surface area contributed by atoms with Crippen molar-refractivity contribution in [3.05, 3.63) is 29.8 Å². The van der Waals surface area contributed by atoms with Crippen LogP contribution in [-0.4, -0.2) is 56.5 Å². The van der Waals surface area contributed by atoms with Crippen molar-refractivity contribution in [1.29, 1.82) is 0 Å². The van der Waals surface area contributed by atoms with E-state index in [4.69, 9.17) is 9.47 Å². The molecule has 0 radical (unpaired) electrons. The van der Waals surface area contributed by atoms with E-state index in [1.807, 2.05) is 18.2 Å². The Hall–Kier alpha value is -1.63. The van der Waals surface area contributed by atoms with Crippen LogP contribution in [0, 0.1) is 0 Å². The Morgan fingerprint density at radius 1 is 1.19 bits per heavy atom. The molecule has 1 aliphatic carbocycles. The fraction of sp³-hybridized carbons (Fsp3) is 0.650. The van der Waals surface area contributed by atoms with E-state index in [-0.39, 0.29) is 12.1 Å². The van der Waals surface area contributed by atoms with Gasteiger partial charge in [-0.2, -0.15) is 0 Å². The molecule has 2 amide bonds. The van der Waals surface area contributed by atoms with Crippen molar-refractivity contribution in [3.8, 4) is 0 Å². The summed E-state index contributed by atoms with van der Waals surface area (Å²) in [6.45, 7) is 3.05. The largest absolute Gasteiger partial charge is 0.376 e. The van der Waals surface area contributed by atoms with Gasteiger partial charge in [0, 0.05) is 24.8 Å². The minimum Gasteiger partial charge on any atom is -0.376 e. The summed E-state index contributed by atoms with van der Waals surface area (Å²) in [5.41, 5.74) is 2.02. The highest BCUT2D eigenvalue weighted by Crippen LogP contribution is 2.24. The SMILES string of the molecule is CN(Cc1ccccc1NC(=O)NC[C@H]1COCCO1)C1CCCCC1. The molecule has 26 heavy (non-hydrogen) atoms. The second-order valence-corrected chi connectivity index (χ2v) is 7.27. The smallest absolute Gasteiger partial charge is 0.319 e. The lowest BCUT2D eigenvalue weighted by Crippen LogP contribution is -2.41. The number of para-hydroxylation sites is 1. The monoisotopic (exact) mass is 361 g/mol. The molecule has 0 bridgehead atoms. The normalized spacial score (nSPS) is 21.5. The Bertz CT molecular complexity index is 569. The topological polar surface area (TPSA) is 62.8 Å². The highest BCUT2D eigenvalue weighted by atomic mass is 16.6. The molecular formula is C20H31N3O3. The van der Waals surface area contributed by atoms with Crippen LogP contribution in [0.5, 0.6) is 0 Å². The number of hydrogen-bond acceptors (Lipinski definition) is 4. The lowest BCUT2D eigenvalue weighted by molar-refractivity contribution is -0.0852. The van der Waals surface area contributed by atoms with E-state index >= 15 is 0 Å². The van der Waals surface area contributed by atoms with Crippen LogP contribution in [0.2, 0.25) is 0 Å². The van der Waals surface area contributed by atoms with Crippen molar-refractivity contribution in [2.24, 2.45) is 0 Å². The minimum absolute atomic E-state index is 0.0674. The van der Waals surface area contributed by atoms with Gasteiger partial charge in [0.25, 0.3) is 0 Å². The van der Waals surface area contributed by atoms with Crippen molar-refractivity contribution in [2.45, 2.75) is 50.8 Å². The van der Waals surface area contributed by atoms with E-state index in [2.05, 4.69) is 28.6 Å². The summed E-state index contributed by atoms with van der Waals surface area (Å²) in [4.78, 5) is 14.7. The van der Waals surface area contributed by atoms with Crippen LogP contribution in [0.15, 0.2) is 24.3 Å². The van der Waals surface area contributed by atoms with Gasteiger partial charge in [0.15, 0.2) is 0 Å². The zero-order chi connectivity index (χ0) is 18.2. The van der Waals surface area contributed by atoms with Gasteiger partial charge in [-0.15, -0.1) is 0 Å². The van der Waals surface area contributed by atoms with E-state index in [1.165, 1.54) is 32.1 Å². The first-order chi connectivity index (χ1) is 12.7. The maximum Gasteiger partial charge on any atom is 0.319 e. The Labute approximate surface area is 156 Å². The molecule has 144 valence electrons. The molecule has 1 saturated carbocycles. The molecule has 6 nitrogen and oxygen atoms in total. The fourth-order valence-corrected chi connectivity index (χ4v) is 3.73. The van der Waals surface area contributed by atoms with E-state index in [1.54, 1.807) is 0 Å². The summed E-state index contributed by atoms with van der Waals surface area (Å²) in [6.07, 6.45) is 6.49. The standard InChI is InChI=1S/C20H31N3O3/c1-23(17-8-3-2-4-9-17)14-16-7-5-6-10-19(16)22-20(24)21-13-18-15-25-11-12-26-18/h5-7,10,17-18H,2-4,8-9,11-15H2,1H3,(H2,21,22,24)/t18-/m0/s1. The molecule has 1 heterocycles. The molecular weight excluding hydrogens is 330 g/mol. The zero-order valence-corrected chi connectivity index (χ0v) is 15.7. The summed E-state index contributed by atoms with van der Waals surface area (Å²) >= 11 is 0. The molecule has 1 saturated heterocycles. The number of hydrogen-bond donors (Lipinski definition) is 2. The zero-order valence-electron chi connectivity index (χ0n) is 15.7. The van der Waals surface area contributed by atoms with Crippen LogP contribution in [-0.2, 0) is 16.0 Å². The van der Waals surface area contributed by atoms with Gasteiger partial charge < -0.3 is 20.1 Å². The molecule has 1 aromatic carbocycles. The molecule has 2 N–H and O–H groups in total. The number of nitrogens with zero attached hydrogens (tertiary/aromatic N) is 1. The van der Waals surface area contributed by atoms with Gasteiger partial charge in [0.2, 0.25) is 0 Å². The summed E-state index contributed by atoms with van der Waals surface area (Å²) in [7, 11) is 2.19. The fourth-order valence-electron chi connectivity index (χ4n) is 3.73. The third-order valence-electron chi connectivity index (χ3n) is 5.26. The van der Waals surface area contributed by atoms with Crippen molar-refractivity contribution in [1.82, 2.24) is 10.2 Å². The number of ether oxygens (including phenoxy) is 2. The van der Waals surface area contributed by atoms with Gasteiger partial charge in [-0.25, -0.2) is 4.79 Å². The number of carbonyl (C=O) groups excluding carboxylic acids is 1. The molecule has 0 aromatic heterocycles. The number of nitrogens with one attached hydrogen (secondary N) is 2. The number of carbonyl (C=O) groups is 1. The molecule has 3 rings (SSSR count). The molecule has 2 fully saturated rings. The second kappa shape index (κ2) is 9.90. The molecule has 6 heteroatoms. The Morgan fingerprint density at radius 3 is 2.77 bits per heavy atom. The third-order valence-corrected chi connectivity index (χ3v) is 5.26. The highest BCUT2D eigenvalue weighted by molar-refractivity contribution is 5.90. The molecule has 1 atom stereocenters. The van der Waals surface area contributed by atoms with Crippen molar-refractivity contribution >= 4 is 11.7 Å². The molecule has 1 aliphatic heterocycles. The maximum absolute atomic E-state index is 12.3. The van der Waals surface area contributed by atoms with Crippen molar-refractivity contribution < 1.29 is 14.3 Å². The third kappa shape index (κ3) is 5.69. The van der Waals surface area contributed by atoms with Gasteiger partial charge in [0.05, 0.1) is 25.9 Å². The van der Waals surface area contributed by atoms with E-state index in [0.717, 1.165) is 17.8 Å². The Morgan fingerprint density at radius 2 is 2.00 bits per heavy atom. The van der Waals surface area contributed by atoms with E-state index in [9.17, 15) is 4.79 Å². The van der Waals surface area contributed by atoms with Gasteiger partial charge in [-0.05, 0) is 31.5 Å². The van der Waals surface area contributed by atoms with E-state index in [0.29, 0.717) is 32.4 Å². The number of rotatable bonds is 6. The van der Waals surface area contributed by atoms with Crippen LogP contribution >= 0.6 is 0 Å². The van der Waals surface area contributed by atoms with Crippen LogP contribution in [0.25, 0.3) is 0 Å². The first-order valence-electron chi connectivity index (χ1n) is 9.74. The van der Waals surface area contributed by atoms with Crippen LogP contribution in [0.4, 0.5) is 10.5 Å². The molecule has 1 aromatic rings. The number of urea groups is 1. The highest BCUT2D eigenvalue weighted by Gasteiger charge is 2.19. The van der Waals surface area contributed by atoms with Gasteiger partial charge in [0.1, 0.15) is 0 Å². The first kappa shape index (κ1) is 19.1. The molecule has 2 aliphatic rings. The van der Waals surface area contributed by atoms with Crippen molar-refractivity contribution in [2.75, 3.05) is 38.7 Å². The summed E-state index contributed by atoms with van der Waals surface area (Å²) in [5, 5.41) is 5.86. The predicted molar refractivity (Wildman–Crippen MR) is 102 cm³/mol. The van der Waals surface area contributed by atoms with E-state index < -0.39 is 0 Å².